The van der Waals surface area contributed by atoms with Gasteiger partial charge in [-0.25, -0.2) is 4.98 Å². The van der Waals surface area contributed by atoms with Crippen LogP contribution in [0.3, 0.4) is 0 Å². The molecule has 0 fully saturated rings. The Morgan fingerprint density at radius 1 is 1.38 bits per heavy atom. The van der Waals surface area contributed by atoms with Crippen molar-refractivity contribution >= 4 is 28.3 Å². The fourth-order valence-corrected chi connectivity index (χ4v) is 2.59. The highest BCUT2D eigenvalue weighted by atomic mass is 16.1. The van der Waals surface area contributed by atoms with Crippen LogP contribution in [0.25, 0.3) is 11.0 Å². The summed E-state index contributed by atoms with van der Waals surface area (Å²) in [4.78, 5) is 19.7. The van der Waals surface area contributed by atoms with Crippen molar-refractivity contribution in [3.05, 3.63) is 53.9 Å². The van der Waals surface area contributed by atoms with E-state index < -0.39 is 0 Å². The van der Waals surface area contributed by atoms with Crippen molar-refractivity contribution in [1.82, 2.24) is 9.97 Å². The number of hydrogen-bond acceptors (Lipinski definition) is 4. The standard InChI is InChI=1S/C18H17N5O/c1-2-20-14-6-5-12(10-19)16(9-14)23-17(24)8-13-11-22-18-15(13)4-3-7-21-18/h3-7,9,11,20H,2,8H2,1H3,(H,21,22)(H,23,24). The Morgan fingerprint density at radius 3 is 3.04 bits per heavy atom. The van der Waals surface area contributed by atoms with E-state index in [2.05, 4.69) is 26.7 Å². The molecule has 6 nitrogen and oxygen atoms in total. The SMILES string of the molecule is CCNc1ccc(C#N)c(NC(=O)Cc2c[nH]c3ncccc23)c1. The summed E-state index contributed by atoms with van der Waals surface area (Å²) in [6.07, 6.45) is 3.70. The normalized spacial score (nSPS) is 10.3. The smallest absolute Gasteiger partial charge is 0.228 e. The molecule has 0 unspecified atom stereocenters. The predicted molar refractivity (Wildman–Crippen MR) is 93.7 cm³/mol. The van der Waals surface area contributed by atoms with Gasteiger partial charge in [-0.05, 0) is 42.8 Å². The zero-order valence-corrected chi connectivity index (χ0v) is 13.3. The van der Waals surface area contributed by atoms with Gasteiger partial charge in [-0.15, -0.1) is 0 Å². The van der Waals surface area contributed by atoms with Crippen molar-refractivity contribution in [2.75, 3.05) is 17.2 Å². The van der Waals surface area contributed by atoms with Crippen LogP contribution in [0.5, 0.6) is 0 Å². The first-order chi connectivity index (χ1) is 11.7. The first-order valence-corrected chi connectivity index (χ1v) is 7.70. The molecule has 3 rings (SSSR count). The highest BCUT2D eigenvalue weighted by Crippen LogP contribution is 2.22. The number of aromatic nitrogens is 2. The van der Waals surface area contributed by atoms with Crippen LogP contribution in [0.4, 0.5) is 11.4 Å². The molecule has 0 bridgehead atoms. The lowest BCUT2D eigenvalue weighted by Crippen LogP contribution is -2.15. The van der Waals surface area contributed by atoms with Gasteiger partial charge in [-0.3, -0.25) is 4.79 Å². The van der Waals surface area contributed by atoms with E-state index in [0.29, 0.717) is 11.3 Å². The second-order valence-electron chi connectivity index (χ2n) is 5.34. The average Bonchev–Trinajstić information content (AvgIpc) is 2.98. The average molecular weight is 319 g/mol. The van der Waals surface area contributed by atoms with E-state index in [1.807, 2.05) is 25.1 Å². The van der Waals surface area contributed by atoms with E-state index in [1.165, 1.54) is 0 Å². The number of anilines is 2. The minimum absolute atomic E-state index is 0.176. The summed E-state index contributed by atoms with van der Waals surface area (Å²) >= 11 is 0. The second kappa shape index (κ2) is 6.84. The molecule has 3 aromatic rings. The van der Waals surface area contributed by atoms with Gasteiger partial charge in [0.25, 0.3) is 0 Å². The quantitative estimate of drug-likeness (QED) is 0.674. The second-order valence-corrected chi connectivity index (χ2v) is 5.34. The molecule has 3 N–H and O–H groups in total. The van der Waals surface area contributed by atoms with Gasteiger partial charge in [0.2, 0.25) is 5.91 Å². The summed E-state index contributed by atoms with van der Waals surface area (Å²) in [6.45, 7) is 2.75. The van der Waals surface area contributed by atoms with Gasteiger partial charge in [-0.2, -0.15) is 5.26 Å². The third kappa shape index (κ3) is 3.20. The van der Waals surface area contributed by atoms with Crippen molar-refractivity contribution in [3.63, 3.8) is 0 Å². The maximum Gasteiger partial charge on any atom is 0.228 e. The molecule has 0 spiro atoms. The highest BCUT2D eigenvalue weighted by Gasteiger charge is 2.12. The zero-order chi connectivity index (χ0) is 16.9. The summed E-state index contributed by atoms with van der Waals surface area (Å²) in [6, 6.07) is 11.2. The van der Waals surface area contributed by atoms with Gasteiger partial charge in [0, 0.05) is 30.0 Å². The maximum absolute atomic E-state index is 12.4. The highest BCUT2D eigenvalue weighted by molar-refractivity contribution is 5.96. The van der Waals surface area contributed by atoms with Crippen LogP contribution < -0.4 is 10.6 Å². The molecule has 24 heavy (non-hydrogen) atoms. The molecule has 1 amide bonds. The number of aromatic amines is 1. The number of benzene rings is 1. The fraction of sp³-hybridized carbons (Fsp3) is 0.167. The molecule has 0 atom stereocenters. The fourth-order valence-electron chi connectivity index (χ4n) is 2.59. The van der Waals surface area contributed by atoms with Crippen LogP contribution in [0, 0.1) is 11.3 Å². The number of rotatable bonds is 5. The monoisotopic (exact) mass is 319 g/mol. The molecule has 6 heteroatoms. The van der Waals surface area contributed by atoms with Crippen LogP contribution in [0.1, 0.15) is 18.1 Å². The molecule has 120 valence electrons. The lowest BCUT2D eigenvalue weighted by atomic mass is 10.1. The van der Waals surface area contributed by atoms with E-state index in [0.717, 1.165) is 28.8 Å². The maximum atomic E-state index is 12.4. The van der Waals surface area contributed by atoms with Crippen molar-refractivity contribution in [2.45, 2.75) is 13.3 Å². The predicted octanol–water partition coefficient (Wildman–Crippen LogP) is 3.05. The summed E-state index contributed by atoms with van der Waals surface area (Å²) in [5.74, 6) is -0.176. The van der Waals surface area contributed by atoms with E-state index >= 15 is 0 Å². The molecule has 2 aromatic heterocycles. The first-order valence-electron chi connectivity index (χ1n) is 7.70. The van der Waals surface area contributed by atoms with Crippen molar-refractivity contribution < 1.29 is 4.79 Å². The Morgan fingerprint density at radius 2 is 2.25 bits per heavy atom. The molecule has 0 radical (unpaired) electrons. The van der Waals surface area contributed by atoms with Crippen molar-refractivity contribution in [1.29, 1.82) is 5.26 Å². The molecule has 0 saturated heterocycles. The van der Waals surface area contributed by atoms with E-state index in [-0.39, 0.29) is 12.3 Å². The Bertz CT molecular complexity index is 923. The summed E-state index contributed by atoms with van der Waals surface area (Å²) in [5.41, 5.74) is 3.44. The number of nitriles is 1. The van der Waals surface area contributed by atoms with Crippen molar-refractivity contribution in [3.8, 4) is 6.07 Å². The Balaban J connectivity index is 1.79. The van der Waals surface area contributed by atoms with Gasteiger partial charge < -0.3 is 15.6 Å². The number of nitrogens with one attached hydrogen (secondary N) is 3. The topological polar surface area (TPSA) is 93.6 Å². The lowest BCUT2D eigenvalue weighted by Gasteiger charge is -2.10. The minimum atomic E-state index is -0.176. The molecular formula is C18H17N5O. The van der Waals surface area contributed by atoms with Gasteiger partial charge in [0.1, 0.15) is 11.7 Å². The molecule has 0 aliphatic carbocycles. The van der Waals surface area contributed by atoms with Gasteiger partial charge in [-0.1, -0.05) is 0 Å². The lowest BCUT2D eigenvalue weighted by molar-refractivity contribution is -0.115. The van der Waals surface area contributed by atoms with Crippen LogP contribution in [-0.4, -0.2) is 22.4 Å². The molecule has 0 aliphatic heterocycles. The van der Waals surface area contributed by atoms with Gasteiger partial charge >= 0.3 is 0 Å². The van der Waals surface area contributed by atoms with Crippen LogP contribution >= 0.6 is 0 Å². The largest absolute Gasteiger partial charge is 0.385 e. The Labute approximate surface area is 139 Å². The van der Waals surface area contributed by atoms with Crippen LogP contribution in [0.2, 0.25) is 0 Å². The molecule has 1 aromatic carbocycles. The van der Waals surface area contributed by atoms with E-state index in [4.69, 9.17) is 0 Å². The van der Waals surface area contributed by atoms with Crippen LogP contribution in [-0.2, 0) is 11.2 Å². The Kier molecular flexibility index (Phi) is 4.43. The summed E-state index contributed by atoms with van der Waals surface area (Å²) in [5, 5.41) is 16.1. The van der Waals surface area contributed by atoms with Gasteiger partial charge in [0.15, 0.2) is 0 Å². The number of hydrogen-bond donors (Lipinski definition) is 3. The first kappa shape index (κ1) is 15.6. The minimum Gasteiger partial charge on any atom is -0.385 e. The molecular weight excluding hydrogens is 302 g/mol. The summed E-state index contributed by atoms with van der Waals surface area (Å²) < 4.78 is 0. The number of amides is 1. The molecule has 0 aliphatic rings. The number of carbonyl (C=O) groups excluding carboxylic acids is 1. The number of pyridine rings is 1. The zero-order valence-electron chi connectivity index (χ0n) is 13.3. The van der Waals surface area contributed by atoms with E-state index in [1.54, 1.807) is 24.5 Å². The third-order valence-electron chi connectivity index (χ3n) is 3.68. The molecule has 2 heterocycles. The number of fused-ring (bicyclic) bond motifs is 1. The van der Waals surface area contributed by atoms with Crippen molar-refractivity contribution in [2.24, 2.45) is 0 Å². The van der Waals surface area contributed by atoms with Crippen LogP contribution in [0.15, 0.2) is 42.7 Å². The third-order valence-corrected chi connectivity index (χ3v) is 3.68. The molecule has 0 saturated carbocycles. The number of H-pyrrole nitrogens is 1. The Hall–Kier alpha value is -3.33. The number of nitrogens with zero attached hydrogens (tertiary/aromatic N) is 2. The number of carbonyl (C=O) groups is 1. The van der Waals surface area contributed by atoms with Gasteiger partial charge in [0.05, 0.1) is 17.7 Å². The van der Waals surface area contributed by atoms with E-state index in [9.17, 15) is 10.1 Å². The summed E-state index contributed by atoms with van der Waals surface area (Å²) in [7, 11) is 0.